The molecule has 0 aromatic heterocycles. The van der Waals surface area contributed by atoms with Crippen molar-refractivity contribution in [1.29, 1.82) is 0 Å². The minimum atomic E-state index is 0.568. The Labute approximate surface area is 119 Å². The van der Waals surface area contributed by atoms with Crippen LogP contribution in [0.15, 0.2) is 54.6 Å². The van der Waals surface area contributed by atoms with E-state index in [9.17, 15) is 0 Å². The molecule has 0 radical (unpaired) electrons. The molecule has 0 amide bonds. The molecule has 0 aliphatic heterocycles. The molecule has 0 spiro atoms. The largest absolute Gasteiger partial charge is 0.491 e. The number of rotatable bonds is 7. The fourth-order valence-corrected chi connectivity index (χ4v) is 1.89. The molecule has 0 aliphatic rings. The first-order chi connectivity index (χ1) is 9.40. The first-order valence-electron chi connectivity index (χ1n) is 6.37. The molecule has 3 heteroatoms. The lowest BCUT2D eigenvalue weighted by Crippen LogP contribution is -2.07. The molecule has 0 saturated carbocycles. The number of hydrogen-bond donors (Lipinski definition) is 1. The van der Waals surface area contributed by atoms with E-state index in [1.165, 1.54) is 11.1 Å². The van der Waals surface area contributed by atoms with Gasteiger partial charge in [0.2, 0.25) is 0 Å². The minimum absolute atomic E-state index is 0.568. The number of hydrogen-bond acceptors (Lipinski definition) is 3. The first kappa shape index (κ1) is 14.0. The summed E-state index contributed by atoms with van der Waals surface area (Å²) in [7, 11) is 0. The van der Waals surface area contributed by atoms with Crippen molar-refractivity contribution in [2.45, 2.75) is 0 Å². The number of benzene rings is 2. The Morgan fingerprint density at radius 3 is 2.11 bits per heavy atom. The van der Waals surface area contributed by atoms with Crippen molar-refractivity contribution >= 4 is 12.6 Å². The van der Waals surface area contributed by atoms with Crippen molar-refractivity contribution in [2.75, 3.05) is 25.6 Å². The Morgan fingerprint density at radius 2 is 1.42 bits per heavy atom. The lowest BCUT2D eigenvalue weighted by Gasteiger charge is -2.07. The molecule has 0 atom stereocenters. The third-order valence-corrected chi connectivity index (χ3v) is 2.88. The Kier molecular flexibility index (Phi) is 5.79. The summed E-state index contributed by atoms with van der Waals surface area (Å²) in [6, 6.07) is 18.4. The quantitative estimate of drug-likeness (QED) is 0.613. The highest BCUT2D eigenvalue weighted by Gasteiger charge is 1.98. The van der Waals surface area contributed by atoms with Crippen LogP contribution in [0.5, 0.6) is 5.75 Å². The van der Waals surface area contributed by atoms with E-state index in [0.717, 1.165) is 11.5 Å². The average molecular weight is 274 g/mol. The van der Waals surface area contributed by atoms with Crippen LogP contribution in [0, 0.1) is 0 Å². The van der Waals surface area contributed by atoms with Crippen LogP contribution < -0.4 is 4.74 Å². The van der Waals surface area contributed by atoms with Crippen LogP contribution in [-0.4, -0.2) is 25.6 Å². The molecule has 0 bridgehead atoms. The van der Waals surface area contributed by atoms with Gasteiger partial charge in [-0.2, -0.15) is 12.6 Å². The third-order valence-electron chi connectivity index (χ3n) is 2.69. The van der Waals surface area contributed by atoms with E-state index in [1.807, 2.05) is 30.3 Å². The van der Waals surface area contributed by atoms with Crippen molar-refractivity contribution in [3.8, 4) is 16.9 Å². The summed E-state index contributed by atoms with van der Waals surface area (Å²) in [5.41, 5.74) is 2.41. The fraction of sp³-hybridized carbons (Fsp3) is 0.250. The Hall–Kier alpha value is -1.45. The van der Waals surface area contributed by atoms with E-state index in [-0.39, 0.29) is 0 Å². The molecule has 2 aromatic carbocycles. The SMILES string of the molecule is SCCOCCOc1ccc(-c2ccccc2)cc1. The zero-order valence-corrected chi connectivity index (χ0v) is 11.7. The second-order valence-electron chi connectivity index (χ2n) is 4.07. The van der Waals surface area contributed by atoms with E-state index < -0.39 is 0 Å². The van der Waals surface area contributed by atoms with Crippen LogP contribution in [0.3, 0.4) is 0 Å². The van der Waals surface area contributed by atoms with Gasteiger partial charge in [-0.05, 0) is 23.3 Å². The second-order valence-corrected chi connectivity index (χ2v) is 4.52. The molecule has 19 heavy (non-hydrogen) atoms. The molecule has 0 heterocycles. The lowest BCUT2D eigenvalue weighted by molar-refractivity contribution is 0.112. The van der Waals surface area contributed by atoms with E-state index in [4.69, 9.17) is 9.47 Å². The summed E-state index contributed by atoms with van der Waals surface area (Å²) in [5, 5.41) is 0. The molecule has 0 saturated heterocycles. The van der Waals surface area contributed by atoms with Gasteiger partial charge in [-0.25, -0.2) is 0 Å². The number of ether oxygens (including phenoxy) is 2. The Bertz CT molecular complexity index is 468. The van der Waals surface area contributed by atoms with Gasteiger partial charge in [0.15, 0.2) is 0 Å². The van der Waals surface area contributed by atoms with E-state index in [2.05, 4.69) is 36.9 Å². The first-order valence-corrected chi connectivity index (χ1v) is 7.00. The van der Waals surface area contributed by atoms with Crippen LogP contribution in [0.4, 0.5) is 0 Å². The van der Waals surface area contributed by atoms with Crippen LogP contribution in [0.1, 0.15) is 0 Å². The maximum Gasteiger partial charge on any atom is 0.119 e. The smallest absolute Gasteiger partial charge is 0.119 e. The second kappa shape index (κ2) is 7.87. The summed E-state index contributed by atoms with van der Waals surface area (Å²) in [5.74, 6) is 1.61. The van der Waals surface area contributed by atoms with Crippen molar-refractivity contribution in [3.05, 3.63) is 54.6 Å². The van der Waals surface area contributed by atoms with E-state index in [1.54, 1.807) is 0 Å². The van der Waals surface area contributed by atoms with Gasteiger partial charge in [-0.1, -0.05) is 42.5 Å². The standard InChI is InChI=1S/C16H18O2S/c19-13-12-17-10-11-18-16-8-6-15(7-9-16)14-4-2-1-3-5-14/h1-9,19H,10-13H2. The summed E-state index contributed by atoms with van der Waals surface area (Å²) in [4.78, 5) is 0. The summed E-state index contributed by atoms with van der Waals surface area (Å²) in [6.07, 6.45) is 0. The molecule has 100 valence electrons. The molecule has 0 unspecified atom stereocenters. The Balaban J connectivity index is 1.85. The molecule has 2 rings (SSSR count). The molecule has 0 N–H and O–H groups in total. The van der Waals surface area contributed by atoms with Crippen molar-refractivity contribution in [2.24, 2.45) is 0 Å². The van der Waals surface area contributed by atoms with Gasteiger partial charge < -0.3 is 9.47 Å². The van der Waals surface area contributed by atoms with Gasteiger partial charge in [0.05, 0.1) is 13.2 Å². The van der Waals surface area contributed by atoms with Gasteiger partial charge in [-0.3, -0.25) is 0 Å². The van der Waals surface area contributed by atoms with Crippen molar-refractivity contribution in [1.82, 2.24) is 0 Å². The van der Waals surface area contributed by atoms with Crippen LogP contribution >= 0.6 is 12.6 Å². The highest BCUT2D eigenvalue weighted by molar-refractivity contribution is 7.80. The molecule has 0 fully saturated rings. The van der Waals surface area contributed by atoms with Gasteiger partial charge >= 0.3 is 0 Å². The van der Waals surface area contributed by atoms with Crippen LogP contribution in [0.25, 0.3) is 11.1 Å². The van der Waals surface area contributed by atoms with Gasteiger partial charge in [0.25, 0.3) is 0 Å². The molecule has 2 nitrogen and oxygen atoms in total. The predicted molar refractivity (Wildman–Crippen MR) is 82.0 cm³/mol. The average Bonchev–Trinajstić information content (AvgIpc) is 2.49. The zero-order valence-electron chi connectivity index (χ0n) is 10.8. The van der Waals surface area contributed by atoms with Gasteiger partial charge in [-0.15, -0.1) is 0 Å². The fourth-order valence-electron chi connectivity index (χ4n) is 1.76. The van der Waals surface area contributed by atoms with Crippen LogP contribution in [0.2, 0.25) is 0 Å². The topological polar surface area (TPSA) is 18.5 Å². The van der Waals surface area contributed by atoms with E-state index >= 15 is 0 Å². The molecular weight excluding hydrogens is 256 g/mol. The lowest BCUT2D eigenvalue weighted by atomic mass is 10.1. The molecular formula is C16H18O2S. The summed E-state index contributed by atoms with van der Waals surface area (Å²) in [6.45, 7) is 1.83. The summed E-state index contributed by atoms with van der Waals surface area (Å²) >= 11 is 4.07. The Morgan fingerprint density at radius 1 is 0.737 bits per heavy atom. The predicted octanol–water partition coefficient (Wildman–Crippen LogP) is 3.68. The molecule has 2 aromatic rings. The van der Waals surface area contributed by atoms with Crippen molar-refractivity contribution < 1.29 is 9.47 Å². The third kappa shape index (κ3) is 4.62. The normalized spacial score (nSPS) is 10.4. The molecule has 0 aliphatic carbocycles. The van der Waals surface area contributed by atoms with Gasteiger partial charge in [0.1, 0.15) is 12.4 Å². The van der Waals surface area contributed by atoms with Gasteiger partial charge in [0, 0.05) is 5.75 Å². The van der Waals surface area contributed by atoms with Crippen LogP contribution in [-0.2, 0) is 4.74 Å². The van der Waals surface area contributed by atoms with E-state index in [0.29, 0.717) is 19.8 Å². The maximum absolute atomic E-state index is 5.59. The maximum atomic E-state index is 5.59. The number of thiol groups is 1. The highest BCUT2D eigenvalue weighted by Crippen LogP contribution is 2.21. The highest BCUT2D eigenvalue weighted by atomic mass is 32.1. The monoisotopic (exact) mass is 274 g/mol. The van der Waals surface area contributed by atoms with Crippen molar-refractivity contribution in [3.63, 3.8) is 0 Å². The minimum Gasteiger partial charge on any atom is -0.491 e. The summed E-state index contributed by atoms with van der Waals surface area (Å²) < 4.78 is 10.9. The zero-order chi connectivity index (χ0) is 13.3.